The van der Waals surface area contributed by atoms with Crippen LogP contribution in [0.5, 0.6) is 0 Å². The van der Waals surface area contributed by atoms with E-state index in [4.69, 9.17) is 9.73 Å². The van der Waals surface area contributed by atoms with Crippen LogP contribution in [0.2, 0.25) is 0 Å². The molecule has 0 saturated carbocycles. The number of halogens is 2. The maximum absolute atomic E-state index is 14.4. The summed E-state index contributed by atoms with van der Waals surface area (Å²) in [6, 6.07) is 3.76. The van der Waals surface area contributed by atoms with Crippen LogP contribution in [0.3, 0.4) is 0 Å². The number of aromatic nitrogens is 1. The SMILES string of the molecule is COC(=O)C1=C(C2CCN(S(=O)[O-])CC2)NC(c2nccs2)=N[C@@H]1c1cccc(F)c1Br. The fourth-order valence-electron chi connectivity index (χ4n) is 3.92. The molecule has 1 aromatic heterocycles. The maximum atomic E-state index is 14.4. The van der Waals surface area contributed by atoms with Crippen molar-refractivity contribution < 1.29 is 22.7 Å². The third-order valence-electron chi connectivity index (χ3n) is 5.46. The van der Waals surface area contributed by atoms with Gasteiger partial charge in [0.25, 0.3) is 0 Å². The van der Waals surface area contributed by atoms with E-state index in [0.717, 1.165) is 0 Å². The van der Waals surface area contributed by atoms with E-state index in [9.17, 15) is 17.9 Å². The summed E-state index contributed by atoms with van der Waals surface area (Å²) in [4.78, 5) is 22.0. The van der Waals surface area contributed by atoms with Crippen molar-refractivity contribution in [3.63, 3.8) is 0 Å². The van der Waals surface area contributed by atoms with Crippen molar-refractivity contribution in [1.82, 2.24) is 14.6 Å². The van der Waals surface area contributed by atoms with Gasteiger partial charge in [0.1, 0.15) is 11.9 Å². The Bertz CT molecular complexity index is 1100. The number of carbonyl (C=O) groups is 1. The Hall–Kier alpha value is -1.99. The number of rotatable bonds is 5. The standard InChI is InChI=1S/C20H20BrFN4O4S2/c1-30-20(27)14-16(11-5-8-26(9-6-11)32(28)29)24-18(19-23-7-10-31-19)25-17(14)12-3-2-4-13(22)15(12)21/h2-4,7,10-11,17H,5-6,8-9H2,1H3,(H,24,25)(H,28,29)/p-1/t17-/m1/s1. The maximum Gasteiger partial charge on any atom is 0.338 e. The second-order valence-corrected chi connectivity index (χ2v) is 9.86. The summed E-state index contributed by atoms with van der Waals surface area (Å²) in [6.45, 7) is 0.664. The zero-order valence-corrected chi connectivity index (χ0v) is 20.1. The minimum absolute atomic E-state index is 0.135. The quantitative estimate of drug-likeness (QED) is 0.460. The number of aliphatic imine (C=N–C) groups is 1. The molecule has 1 fully saturated rings. The van der Waals surface area contributed by atoms with Gasteiger partial charge in [0.2, 0.25) is 0 Å². The van der Waals surface area contributed by atoms with E-state index in [1.807, 2.05) is 5.38 Å². The lowest BCUT2D eigenvalue weighted by Crippen LogP contribution is -2.41. The molecule has 0 amide bonds. The van der Waals surface area contributed by atoms with Gasteiger partial charge in [-0.2, -0.15) is 0 Å². The van der Waals surface area contributed by atoms with Gasteiger partial charge in [0.15, 0.2) is 10.8 Å². The highest BCUT2D eigenvalue weighted by Gasteiger charge is 2.37. The molecule has 32 heavy (non-hydrogen) atoms. The number of nitrogens with one attached hydrogen (secondary N) is 1. The van der Waals surface area contributed by atoms with Crippen LogP contribution in [0.4, 0.5) is 4.39 Å². The molecule has 12 heteroatoms. The van der Waals surface area contributed by atoms with Gasteiger partial charge in [-0.1, -0.05) is 12.1 Å². The predicted octanol–water partition coefficient (Wildman–Crippen LogP) is 3.07. The first-order chi connectivity index (χ1) is 15.4. The molecule has 8 nitrogen and oxygen atoms in total. The monoisotopic (exact) mass is 541 g/mol. The lowest BCUT2D eigenvalue weighted by atomic mass is 9.86. The number of ether oxygens (including phenoxy) is 1. The van der Waals surface area contributed by atoms with Crippen LogP contribution < -0.4 is 5.32 Å². The van der Waals surface area contributed by atoms with E-state index in [2.05, 4.69) is 26.2 Å². The number of nitrogens with zero attached hydrogens (tertiary/aromatic N) is 3. The number of methoxy groups -OCH3 is 1. The Morgan fingerprint density at radius 3 is 2.78 bits per heavy atom. The molecule has 2 aliphatic rings. The molecule has 2 atom stereocenters. The van der Waals surface area contributed by atoms with Crippen LogP contribution >= 0.6 is 27.3 Å². The predicted molar refractivity (Wildman–Crippen MR) is 121 cm³/mol. The average molecular weight is 542 g/mol. The number of benzene rings is 1. The van der Waals surface area contributed by atoms with E-state index in [-0.39, 0.29) is 16.0 Å². The van der Waals surface area contributed by atoms with Gasteiger partial charge < -0.3 is 14.6 Å². The molecule has 1 unspecified atom stereocenters. The minimum Gasteiger partial charge on any atom is -0.760 e. The Labute approximate surface area is 199 Å². The number of hydrogen-bond donors (Lipinski definition) is 1. The van der Waals surface area contributed by atoms with Crippen molar-refractivity contribution in [2.75, 3.05) is 20.2 Å². The van der Waals surface area contributed by atoms with Crippen molar-refractivity contribution in [2.24, 2.45) is 10.9 Å². The summed E-state index contributed by atoms with van der Waals surface area (Å²) in [7, 11) is 1.29. The molecule has 2 aromatic rings. The summed E-state index contributed by atoms with van der Waals surface area (Å²) in [6.07, 6.45) is 2.68. The van der Waals surface area contributed by atoms with Gasteiger partial charge in [-0.25, -0.2) is 18.5 Å². The Morgan fingerprint density at radius 1 is 1.41 bits per heavy atom. The van der Waals surface area contributed by atoms with E-state index in [1.165, 1.54) is 28.8 Å². The van der Waals surface area contributed by atoms with Crippen molar-refractivity contribution in [1.29, 1.82) is 0 Å². The van der Waals surface area contributed by atoms with Crippen LogP contribution in [0, 0.1) is 11.7 Å². The zero-order chi connectivity index (χ0) is 22.8. The summed E-state index contributed by atoms with van der Waals surface area (Å²) < 4.78 is 43.7. The lowest BCUT2D eigenvalue weighted by Gasteiger charge is -2.37. The Balaban J connectivity index is 1.83. The molecule has 4 rings (SSSR count). The van der Waals surface area contributed by atoms with Gasteiger partial charge in [0.05, 0.1) is 17.2 Å². The van der Waals surface area contributed by atoms with Gasteiger partial charge in [0, 0.05) is 47.5 Å². The van der Waals surface area contributed by atoms with Crippen molar-refractivity contribution in [2.45, 2.75) is 18.9 Å². The number of esters is 1. The fraction of sp³-hybridized carbons (Fsp3) is 0.350. The van der Waals surface area contributed by atoms with Crippen LogP contribution in [0.1, 0.15) is 29.5 Å². The van der Waals surface area contributed by atoms with Gasteiger partial charge in [-0.3, -0.25) is 9.20 Å². The molecule has 0 bridgehead atoms. The van der Waals surface area contributed by atoms with E-state index in [0.29, 0.717) is 48.0 Å². The van der Waals surface area contributed by atoms with Gasteiger partial charge in [-0.05, 0) is 40.4 Å². The molecule has 0 aliphatic carbocycles. The average Bonchev–Trinajstić information content (AvgIpc) is 3.35. The summed E-state index contributed by atoms with van der Waals surface area (Å²) in [5.74, 6) is -0.711. The third-order valence-corrected chi connectivity index (χ3v) is 7.87. The lowest BCUT2D eigenvalue weighted by molar-refractivity contribution is -0.136. The number of hydrogen-bond acceptors (Lipinski definition) is 8. The highest BCUT2D eigenvalue weighted by atomic mass is 79.9. The van der Waals surface area contributed by atoms with Crippen molar-refractivity contribution >= 4 is 50.3 Å². The third kappa shape index (κ3) is 4.55. The van der Waals surface area contributed by atoms with E-state index >= 15 is 0 Å². The summed E-state index contributed by atoms with van der Waals surface area (Å²) in [5.41, 5.74) is 1.37. The first-order valence-corrected chi connectivity index (χ1v) is 12.5. The molecule has 2 aliphatic heterocycles. The molecule has 0 spiro atoms. The first kappa shape index (κ1) is 23.2. The highest BCUT2D eigenvalue weighted by Crippen LogP contribution is 2.40. The first-order valence-electron chi connectivity index (χ1n) is 9.76. The van der Waals surface area contributed by atoms with Crippen LogP contribution in [0.15, 0.2) is 50.5 Å². The second-order valence-electron chi connectivity index (χ2n) is 7.22. The van der Waals surface area contributed by atoms with Crippen LogP contribution in [-0.4, -0.2) is 50.1 Å². The number of allylic oxidation sites excluding steroid dienone is 1. The van der Waals surface area contributed by atoms with Crippen LogP contribution in [-0.2, 0) is 20.8 Å². The molecule has 1 saturated heterocycles. The molecule has 170 valence electrons. The zero-order valence-electron chi connectivity index (χ0n) is 16.9. The summed E-state index contributed by atoms with van der Waals surface area (Å²) in [5, 5.41) is 5.70. The van der Waals surface area contributed by atoms with E-state index in [1.54, 1.807) is 18.3 Å². The summed E-state index contributed by atoms with van der Waals surface area (Å²) >= 11 is 2.39. The van der Waals surface area contributed by atoms with Gasteiger partial charge >= 0.3 is 5.97 Å². The Kier molecular flexibility index (Phi) is 7.15. The van der Waals surface area contributed by atoms with Crippen molar-refractivity contribution in [3.05, 3.63) is 61.9 Å². The Morgan fingerprint density at radius 2 is 2.16 bits per heavy atom. The number of carbonyl (C=O) groups excluding carboxylic acids is 1. The van der Waals surface area contributed by atoms with Crippen LogP contribution in [0.25, 0.3) is 0 Å². The number of piperidine rings is 1. The molecule has 0 radical (unpaired) electrons. The minimum atomic E-state index is -2.29. The molecule has 3 heterocycles. The smallest absolute Gasteiger partial charge is 0.338 e. The fourth-order valence-corrected chi connectivity index (χ4v) is 5.50. The number of thiazole rings is 1. The molecule has 1 aromatic carbocycles. The molecular weight excluding hydrogens is 523 g/mol. The second kappa shape index (κ2) is 9.87. The van der Waals surface area contributed by atoms with Gasteiger partial charge in [-0.15, -0.1) is 11.3 Å². The largest absolute Gasteiger partial charge is 0.760 e. The topological polar surface area (TPSA) is 107 Å². The van der Waals surface area contributed by atoms with Crippen molar-refractivity contribution in [3.8, 4) is 0 Å². The molecular formula is C20H19BrFN4O4S2-. The molecule has 1 N–H and O–H groups in total. The van der Waals surface area contributed by atoms with E-state index < -0.39 is 29.1 Å². The normalized spacial score (nSPS) is 21.1. The number of amidine groups is 1. The highest BCUT2D eigenvalue weighted by molar-refractivity contribution is 9.10.